The molecule has 1 aliphatic heterocycles. The fourth-order valence-corrected chi connectivity index (χ4v) is 4.36. The van der Waals surface area contributed by atoms with Crippen LogP contribution in [0.25, 0.3) is 10.9 Å². The van der Waals surface area contributed by atoms with Crippen LogP contribution in [0.1, 0.15) is 28.9 Å². The molecule has 1 aliphatic rings. The van der Waals surface area contributed by atoms with Crippen molar-refractivity contribution in [3.05, 3.63) is 65.9 Å². The number of nitrogens with zero attached hydrogens (tertiary/aromatic N) is 1. The van der Waals surface area contributed by atoms with Crippen LogP contribution < -0.4 is 4.18 Å². The van der Waals surface area contributed by atoms with Gasteiger partial charge >= 0.3 is 10.1 Å². The van der Waals surface area contributed by atoms with Crippen LogP contribution in [0.4, 0.5) is 0 Å². The second-order valence-corrected chi connectivity index (χ2v) is 9.22. The Labute approximate surface area is 170 Å². The fourth-order valence-electron chi connectivity index (χ4n) is 3.91. The molecule has 1 aromatic heterocycles. The number of aromatic amines is 1. The maximum Gasteiger partial charge on any atom is 0.306 e. The molecular formula is C22H24N2O4S. The van der Waals surface area contributed by atoms with Crippen LogP contribution in [-0.2, 0) is 16.5 Å². The summed E-state index contributed by atoms with van der Waals surface area (Å²) in [4.78, 5) is 17.9. The highest BCUT2D eigenvalue weighted by Gasteiger charge is 2.24. The highest BCUT2D eigenvalue weighted by atomic mass is 32.2. The lowest BCUT2D eigenvalue weighted by molar-refractivity contribution is 0.0685. The number of hydrogen-bond donors (Lipinski definition) is 1. The zero-order chi connectivity index (χ0) is 20.4. The minimum absolute atomic E-state index is 0.0232. The van der Waals surface area contributed by atoms with Crippen molar-refractivity contribution in [2.75, 3.05) is 19.3 Å². The molecule has 7 heteroatoms. The molecule has 6 nitrogen and oxygen atoms in total. The summed E-state index contributed by atoms with van der Waals surface area (Å²) >= 11 is 0. The summed E-state index contributed by atoms with van der Waals surface area (Å²) in [5.74, 6) is 0.799. The molecule has 2 aromatic carbocycles. The number of fused-ring (bicyclic) bond motifs is 1. The third kappa shape index (κ3) is 4.79. The van der Waals surface area contributed by atoms with Crippen molar-refractivity contribution in [1.82, 2.24) is 9.88 Å². The average molecular weight is 413 g/mol. The van der Waals surface area contributed by atoms with Gasteiger partial charge in [-0.25, -0.2) is 0 Å². The molecule has 1 fully saturated rings. The number of nitrogens with one attached hydrogen (secondary N) is 1. The number of H-pyrrole nitrogens is 1. The topological polar surface area (TPSA) is 79.5 Å². The normalized spacial score (nSPS) is 15.6. The Morgan fingerprint density at radius 3 is 2.52 bits per heavy atom. The van der Waals surface area contributed by atoms with Gasteiger partial charge in [-0.15, -0.1) is 0 Å². The van der Waals surface area contributed by atoms with Crippen LogP contribution in [0.5, 0.6) is 5.75 Å². The van der Waals surface area contributed by atoms with Crippen molar-refractivity contribution in [1.29, 1.82) is 0 Å². The predicted molar refractivity (Wildman–Crippen MR) is 113 cm³/mol. The lowest BCUT2D eigenvalue weighted by atomic mass is 9.90. The summed E-state index contributed by atoms with van der Waals surface area (Å²) in [6.45, 7) is 1.49. The van der Waals surface area contributed by atoms with E-state index in [4.69, 9.17) is 4.18 Å². The van der Waals surface area contributed by atoms with Crippen LogP contribution >= 0.6 is 0 Å². The molecule has 0 saturated carbocycles. The molecule has 4 rings (SSSR count). The van der Waals surface area contributed by atoms with Crippen molar-refractivity contribution in [2.24, 2.45) is 5.92 Å². The first-order valence-corrected chi connectivity index (χ1v) is 11.5. The van der Waals surface area contributed by atoms with Gasteiger partial charge in [-0.05, 0) is 48.9 Å². The number of aromatic nitrogens is 1. The monoisotopic (exact) mass is 412 g/mol. The van der Waals surface area contributed by atoms with Crippen molar-refractivity contribution in [3.8, 4) is 5.75 Å². The Hall–Kier alpha value is -2.80. The van der Waals surface area contributed by atoms with Gasteiger partial charge in [0.1, 0.15) is 11.4 Å². The molecule has 0 aliphatic carbocycles. The van der Waals surface area contributed by atoms with Crippen LogP contribution in [-0.4, -0.2) is 43.6 Å². The Kier molecular flexibility index (Phi) is 5.32. The lowest BCUT2D eigenvalue weighted by Gasteiger charge is -2.31. The van der Waals surface area contributed by atoms with Crippen LogP contribution in [0, 0.1) is 5.92 Å². The Morgan fingerprint density at radius 1 is 1.10 bits per heavy atom. The van der Waals surface area contributed by atoms with E-state index in [1.165, 1.54) is 5.56 Å². The lowest BCUT2D eigenvalue weighted by Crippen LogP contribution is -2.39. The van der Waals surface area contributed by atoms with Gasteiger partial charge in [0.25, 0.3) is 5.91 Å². The molecule has 1 amide bonds. The fraction of sp³-hybridized carbons (Fsp3) is 0.318. The number of carbonyl (C=O) groups excluding carboxylic acids is 1. The van der Waals surface area contributed by atoms with Gasteiger partial charge in [-0.2, -0.15) is 8.42 Å². The molecule has 1 N–H and O–H groups in total. The summed E-state index contributed by atoms with van der Waals surface area (Å²) in [7, 11) is -3.59. The number of hydrogen-bond acceptors (Lipinski definition) is 4. The maximum atomic E-state index is 12.9. The Balaban J connectivity index is 1.41. The smallest absolute Gasteiger partial charge is 0.306 e. The van der Waals surface area contributed by atoms with Gasteiger partial charge in [-0.1, -0.05) is 30.3 Å². The highest BCUT2D eigenvalue weighted by Crippen LogP contribution is 2.25. The molecule has 152 valence electrons. The largest absolute Gasteiger partial charge is 0.383 e. The van der Waals surface area contributed by atoms with Gasteiger partial charge in [0.05, 0.1) is 6.26 Å². The van der Waals surface area contributed by atoms with E-state index in [1.807, 2.05) is 11.0 Å². The summed E-state index contributed by atoms with van der Waals surface area (Å²) in [5, 5.41) is 0.841. The molecular weight excluding hydrogens is 388 g/mol. The number of carbonyl (C=O) groups is 1. The number of benzene rings is 2. The van der Waals surface area contributed by atoms with Crippen molar-refractivity contribution in [2.45, 2.75) is 19.3 Å². The molecule has 0 atom stereocenters. The minimum atomic E-state index is -3.59. The molecule has 0 spiro atoms. The Bertz CT molecular complexity index is 1110. The summed E-state index contributed by atoms with van der Waals surface area (Å²) in [6, 6.07) is 17.2. The van der Waals surface area contributed by atoms with Gasteiger partial charge in [0.2, 0.25) is 0 Å². The summed E-state index contributed by atoms with van der Waals surface area (Å²) in [5.41, 5.74) is 2.53. The second kappa shape index (κ2) is 7.91. The predicted octanol–water partition coefficient (Wildman–Crippen LogP) is 3.60. The van der Waals surface area contributed by atoms with E-state index in [0.717, 1.165) is 44.0 Å². The molecule has 1 saturated heterocycles. The quantitative estimate of drug-likeness (QED) is 0.650. The van der Waals surface area contributed by atoms with E-state index in [9.17, 15) is 13.2 Å². The van der Waals surface area contributed by atoms with E-state index in [0.29, 0.717) is 17.1 Å². The van der Waals surface area contributed by atoms with E-state index in [1.54, 1.807) is 24.3 Å². The minimum Gasteiger partial charge on any atom is -0.383 e. The average Bonchev–Trinajstić information content (AvgIpc) is 3.11. The number of likely N-dealkylation sites (tertiary alicyclic amines) is 1. The first-order valence-electron chi connectivity index (χ1n) is 9.73. The van der Waals surface area contributed by atoms with E-state index >= 15 is 0 Å². The maximum absolute atomic E-state index is 12.9. The highest BCUT2D eigenvalue weighted by molar-refractivity contribution is 7.86. The van der Waals surface area contributed by atoms with Crippen LogP contribution in [0.3, 0.4) is 0 Å². The number of piperidine rings is 1. The third-order valence-electron chi connectivity index (χ3n) is 5.34. The zero-order valence-corrected chi connectivity index (χ0v) is 17.1. The molecule has 0 unspecified atom stereocenters. The zero-order valence-electron chi connectivity index (χ0n) is 16.3. The summed E-state index contributed by atoms with van der Waals surface area (Å²) < 4.78 is 27.5. The first kappa shape index (κ1) is 19.5. The van der Waals surface area contributed by atoms with Gasteiger partial charge in [-0.3, -0.25) is 4.79 Å². The Morgan fingerprint density at radius 2 is 1.83 bits per heavy atom. The van der Waals surface area contributed by atoms with Crippen LogP contribution in [0.15, 0.2) is 54.6 Å². The van der Waals surface area contributed by atoms with Gasteiger partial charge in [0.15, 0.2) is 0 Å². The molecule has 2 heterocycles. The van der Waals surface area contributed by atoms with E-state index in [2.05, 4.69) is 29.2 Å². The van der Waals surface area contributed by atoms with Gasteiger partial charge in [0, 0.05) is 30.1 Å². The molecule has 0 bridgehead atoms. The number of rotatable bonds is 5. The van der Waals surface area contributed by atoms with Crippen molar-refractivity contribution in [3.63, 3.8) is 0 Å². The van der Waals surface area contributed by atoms with Gasteiger partial charge < -0.3 is 14.1 Å². The SMILES string of the molecule is CS(=O)(=O)Oc1ccc2cc(C(=O)N3CCC(Cc4ccccc4)CC3)[nH]c2c1. The first-order chi connectivity index (χ1) is 13.9. The molecule has 3 aromatic rings. The number of amides is 1. The second-order valence-electron chi connectivity index (χ2n) is 7.64. The standard InChI is InChI=1S/C22H24N2O4S/c1-29(26,27)28-19-8-7-18-14-21(23-20(18)15-19)22(25)24-11-9-17(10-12-24)13-16-5-3-2-4-6-16/h2-8,14-15,17,23H,9-13H2,1H3. The van der Waals surface area contributed by atoms with E-state index < -0.39 is 10.1 Å². The van der Waals surface area contributed by atoms with Crippen LogP contribution in [0.2, 0.25) is 0 Å². The molecule has 0 radical (unpaired) electrons. The van der Waals surface area contributed by atoms with E-state index in [-0.39, 0.29) is 11.7 Å². The third-order valence-corrected chi connectivity index (χ3v) is 5.84. The van der Waals surface area contributed by atoms with Crippen molar-refractivity contribution >= 4 is 26.9 Å². The van der Waals surface area contributed by atoms with Crippen molar-refractivity contribution < 1.29 is 17.4 Å². The molecule has 29 heavy (non-hydrogen) atoms. The summed E-state index contributed by atoms with van der Waals surface area (Å²) in [6.07, 6.45) is 4.04.